The molecule has 2 heterocycles. The quantitative estimate of drug-likeness (QED) is 0.857. The molecule has 4 nitrogen and oxygen atoms in total. The zero-order valence-electron chi connectivity index (χ0n) is 9.52. The van der Waals surface area contributed by atoms with E-state index in [1.54, 1.807) is 18.2 Å². The standard InChI is InChI=1S/C13H12FNO3/c14-12-8(1-2-11-9(12)3-4-18-11)10-5-7(6-15-10)13(16)17/h1-4,7,10,15H,5-6H2,(H,16,17). The average molecular weight is 249 g/mol. The molecule has 94 valence electrons. The van der Waals surface area contributed by atoms with Gasteiger partial charge in [-0.05, 0) is 18.6 Å². The Bertz CT molecular complexity index is 607. The van der Waals surface area contributed by atoms with Crippen molar-refractivity contribution in [2.24, 2.45) is 5.92 Å². The van der Waals surface area contributed by atoms with Crippen molar-refractivity contribution < 1.29 is 18.7 Å². The van der Waals surface area contributed by atoms with Crippen LogP contribution in [0.3, 0.4) is 0 Å². The lowest BCUT2D eigenvalue weighted by molar-refractivity contribution is -0.141. The molecule has 5 heteroatoms. The van der Waals surface area contributed by atoms with E-state index < -0.39 is 11.9 Å². The van der Waals surface area contributed by atoms with Gasteiger partial charge in [-0.3, -0.25) is 4.79 Å². The first-order valence-corrected chi connectivity index (χ1v) is 5.78. The van der Waals surface area contributed by atoms with Crippen molar-refractivity contribution in [1.29, 1.82) is 0 Å². The number of benzene rings is 1. The van der Waals surface area contributed by atoms with Gasteiger partial charge in [0.15, 0.2) is 0 Å². The molecule has 2 unspecified atom stereocenters. The Hall–Kier alpha value is -1.88. The number of rotatable bonds is 2. The summed E-state index contributed by atoms with van der Waals surface area (Å²) in [6, 6.07) is 4.70. The summed E-state index contributed by atoms with van der Waals surface area (Å²) in [6.07, 6.45) is 1.86. The maximum Gasteiger partial charge on any atom is 0.307 e. The summed E-state index contributed by atoms with van der Waals surface area (Å²) in [7, 11) is 0. The number of furan rings is 1. The van der Waals surface area contributed by atoms with E-state index in [9.17, 15) is 9.18 Å². The van der Waals surface area contributed by atoms with Gasteiger partial charge in [-0.25, -0.2) is 4.39 Å². The minimum absolute atomic E-state index is 0.245. The fraction of sp³-hybridized carbons (Fsp3) is 0.308. The van der Waals surface area contributed by atoms with E-state index in [1.807, 2.05) is 0 Å². The number of carboxylic acids is 1. The molecule has 18 heavy (non-hydrogen) atoms. The van der Waals surface area contributed by atoms with Gasteiger partial charge in [0.2, 0.25) is 0 Å². The Balaban J connectivity index is 1.95. The number of halogens is 1. The molecule has 0 aliphatic carbocycles. The average Bonchev–Trinajstić information content (AvgIpc) is 2.97. The molecule has 1 aromatic heterocycles. The highest BCUT2D eigenvalue weighted by Crippen LogP contribution is 2.32. The molecule has 3 rings (SSSR count). The van der Waals surface area contributed by atoms with Crippen LogP contribution in [-0.2, 0) is 4.79 Å². The van der Waals surface area contributed by atoms with Gasteiger partial charge in [0.25, 0.3) is 0 Å². The highest BCUT2D eigenvalue weighted by atomic mass is 19.1. The molecule has 0 radical (unpaired) electrons. The normalized spacial score (nSPS) is 23.6. The summed E-state index contributed by atoms with van der Waals surface area (Å²) in [5.74, 6) is -1.62. The van der Waals surface area contributed by atoms with Crippen molar-refractivity contribution in [1.82, 2.24) is 5.32 Å². The number of fused-ring (bicyclic) bond motifs is 1. The molecule has 0 saturated carbocycles. The topological polar surface area (TPSA) is 62.5 Å². The fourth-order valence-electron chi connectivity index (χ4n) is 2.46. The van der Waals surface area contributed by atoms with Crippen molar-refractivity contribution >= 4 is 16.9 Å². The highest BCUT2D eigenvalue weighted by Gasteiger charge is 2.31. The third kappa shape index (κ3) is 1.67. The van der Waals surface area contributed by atoms with E-state index in [-0.39, 0.29) is 11.9 Å². The second kappa shape index (κ2) is 4.10. The van der Waals surface area contributed by atoms with Crippen LogP contribution in [0.4, 0.5) is 4.39 Å². The number of carboxylic acid groups (broad SMARTS) is 1. The van der Waals surface area contributed by atoms with Gasteiger partial charge >= 0.3 is 5.97 Å². The summed E-state index contributed by atoms with van der Waals surface area (Å²) < 4.78 is 19.4. The van der Waals surface area contributed by atoms with E-state index in [0.29, 0.717) is 29.5 Å². The van der Waals surface area contributed by atoms with Crippen LogP contribution in [0.2, 0.25) is 0 Å². The highest BCUT2D eigenvalue weighted by molar-refractivity contribution is 5.79. The molecule has 1 fully saturated rings. The van der Waals surface area contributed by atoms with Gasteiger partial charge in [-0.2, -0.15) is 0 Å². The molecule has 0 spiro atoms. The Kier molecular flexibility index (Phi) is 2.56. The number of aliphatic carboxylic acids is 1. The van der Waals surface area contributed by atoms with E-state index in [1.165, 1.54) is 6.26 Å². The molecule has 1 aliphatic heterocycles. The van der Waals surface area contributed by atoms with Crippen LogP contribution in [0.1, 0.15) is 18.0 Å². The SMILES string of the molecule is O=C(O)C1CNC(c2ccc3occc3c2F)C1. The minimum Gasteiger partial charge on any atom is -0.481 e. The van der Waals surface area contributed by atoms with Gasteiger partial charge in [-0.1, -0.05) is 6.07 Å². The van der Waals surface area contributed by atoms with Crippen molar-refractivity contribution in [3.63, 3.8) is 0 Å². The summed E-state index contributed by atoms with van der Waals surface area (Å²) in [6.45, 7) is 0.378. The lowest BCUT2D eigenvalue weighted by Gasteiger charge is -2.11. The zero-order valence-corrected chi connectivity index (χ0v) is 9.52. The minimum atomic E-state index is -0.838. The van der Waals surface area contributed by atoms with Crippen LogP contribution in [0, 0.1) is 11.7 Å². The van der Waals surface area contributed by atoms with E-state index >= 15 is 0 Å². The van der Waals surface area contributed by atoms with Crippen LogP contribution in [0.15, 0.2) is 28.9 Å². The maximum atomic E-state index is 14.2. The first-order valence-electron chi connectivity index (χ1n) is 5.78. The largest absolute Gasteiger partial charge is 0.481 e. The van der Waals surface area contributed by atoms with Crippen molar-refractivity contribution in [2.45, 2.75) is 12.5 Å². The Morgan fingerprint density at radius 3 is 3.00 bits per heavy atom. The second-order valence-corrected chi connectivity index (χ2v) is 4.53. The van der Waals surface area contributed by atoms with Crippen molar-refractivity contribution in [3.8, 4) is 0 Å². The fourth-order valence-corrected chi connectivity index (χ4v) is 2.46. The first-order chi connectivity index (χ1) is 8.66. The summed E-state index contributed by atoms with van der Waals surface area (Å²) in [5, 5.41) is 12.4. The van der Waals surface area contributed by atoms with E-state index in [4.69, 9.17) is 9.52 Å². The summed E-state index contributed by atoms with van der Waals surface area (Å²) in [4.78, 5) is 10.9. The predicted molar refractivity (Wildman–Crippen MR) is 62.7 cm³/mol. The van der Waals surface area contributed by atoms with Gasteiger partial charge in [0.05, 0.1) is 17.6 Å². The van der Waals surface area contributed by atoms with Crippen molar-refractivity contribution in [2.75, 3.05) is 6.54 Å². The van der Waals surface area contributed by atoms with Crippen LogP contribution in [-0.4, -0.2) is 17.6 Å². The van der Waals surface area contributed by atoms with E-state index in [0.717, 1.165) is 0 Å². The molecule has 0 bridgehead atoms. The molecule has 1 aliphatic rings. The third-order valence-corrected chi connectivity index (χ3v) is 3.45. The van der Waals surface area contributed by atoms with E-state index in [2.05, 4.69) is 5.32 Å². The van der Waals surface area contributed by atoms with Crippen LogP contribution < -0.4 is 5.32 Å². The molecule has 2 N–H and O–H groups in total. The van der Waals surface area contributed by atoms with Gasteiger partial charge < -0.3 is 14.8 Å². The van der Waals surface area contributed by atoms with Gasteiger partial charge in [0.1, 0.15) is 11.4 Å². The number of nitrogens with one attached hydrogen (secondary N) is 1. The molecule has 0 amide bonds. The Morgan fingerprint density at radius 2 is 2.28 bits per heavy atom. The predicted octanol–water partition coefficient (Wildman–Crippen LogP) is 2.31. The van der Waals surface area contributed by atoms with Crippen LogP contribution >= 0.6 is 0 Å². The lowest BCUT2D eigenvalue weighted by atomic mass is 9.98. The summed E-state index contributed by atoms with van der Waals surface area (Å²) in [5.41, 5.74) is 1.01. The van der Waals surface area contributed by atoms with Crippen molar-refractivity contribution in [3.05, 3.63) is 35.8 Å². The van der Waals surface area contributed by atoms with Gasteiger partial charge in [-0.15, -0.1) is 0 Å². The number of hydrogen-bond donors (Lipinski definition) is 2. The third-order valence-electron chi connectivity index (χ3n) is 3.45. The summed E-state index contributed by atoms with van der Waals surface area (Å²) >= 11 is 0. The molecule has 2 atom stereocenters. The van der Waals surface area contributed by atoms with Crippen LogP contribution in [0.25, 0.3) is 11.0 Å². The Labute approximate surface area is 102 Å². The molecular weight excluding hydrogens is 237 g/mol. The van der Waals surface area contributed by atoms with Gasteiger partial charge in [0, 0.05) is 18.2 Å². The molecular formula is C13H12FNO3. The molecule has 1 saturated heterocycles. The number of carbonyl (C=O) groups is 1. The lowest BCUT2D eigenvalue weighted by Crippen LogP contribution is -2.17. The second-order valence-electron chi connectivity index (χ2n) is 4.53. The maximum absolute atomic E-state index is 14.2. The first kappa shape index (κ1) is 11.2. The Morgan fingerprint density at radius 1 is 1.44 bits per heavy atom. The molecule has 2 aromatic rings. The monoisotopic (exact) mass is 249 g/mol. The zero-order chi connectivity index (χ0) is 12.7. The smallest absolute Gasteiger partial charge is 0.307 e. The molecule has 1 aromatic carbocycles. The number of hydrogen-bond acceptors (Lipinski definition) is 3. The van der Waals surface area contributed by atoms with Crippen LogP contribution in [0.5, 0.6) is 0 Å².